The Hall–Kier alpha value is -2.52. The predicted octanol–water partition coefficient (Wildman–Crippen LogP) is 2.75. The van der Waals surface area contributed by atoms with E-state index in [-0.39, 0.29) is 10.6 Å². The molecule has 8 nitrogen and oxygen atoms in total. The second-order valence-corrected chi connectivity index (χ2v) is 8.94. The predicted molar refractivity (Wildman–Crippen MR) is 104 cm³/mol. The van der Waals surface area contributed by atoms with Crippen molar-refractivity contribution >= 4 is 21.4 Å². The van der Waals surface area contributed by atoms with E-state index in [0.29, 0.717) is 18.7 Å². The quantitative estimate of drug-likeness (QED) is 0.574. The molecule has 27 heavy (non-hydrogen) atoms. The van der Waals surface area contributed by atoms with Crippen molar-refractivity contribution in [1.29, 1.82) is 0 Å². The SMILES string of the molecule is CN(CCc1ccccn1)c1ccc(S(=O)(=O)NC(C)(C)C)cc1[N+](=O)[O-]. The average molecular weight is 392 g/mol. The van der Waals surface area contributed by atoms with Crippen molar-refractivity contribution in [3.8, 4) is 0 Å². The van der Waals surface area contributed by atoms with Gasteiger partial charge in [0.25, 0.3) is 5.69 Å². The van der Waals surface area contributed by atoms with Gasteiger partial charge < -0.3 is 4.90 Å². The summed E-state index contributed by atoms with van der Waals surface area (Å²) in [7, 11) is -2.13. The van der Waals surface area contributed by atoms with Gasteiger partial charge in [-0.15, -0.1) is 0 Å². The lowest BCUT2D eigenvalue weighted by atomic mass is 10.1. The fraction of sp³-hybridized carbons (Fsp3) is 0.389. The molecule has 0 aliphatic carbocycles. The minimum absolute atomic E-state index is 0.133. The van der Waals surface area contributed by atoms with Crippen LogP contribution in [0, 0.1) is 10.1 Å². The third-order valence-corrected chi connectivity index (χ3v) is 5.49. The van der Waals surface area contributed by atoms with Crippen molar-refractivity contribution in [2.24, 2.45) is 0 Å². The number of likely N-dealkylation sites (N-methyl/N-ethyl adjacent to an activating group) is 1. The summed E-state index contributed by atoms with van der Waals surface area (Å²) in [6, 6.07) is 9.54. The van der Waals surface area contributed by atoms with E-state index < -0.39 is 20.5 Å². The minimum atomic E-state index is -3.85. The Bertz CT molecular complexity index is 909. The van der Waals surface area contributed by atoms with Crippen LogP contribution in [0.5, 0.6) is 0 Å². The van der Waals surface area contributed by atoms with E-state index in [1.54, 1.807) is 38.9 Å². The summed E-state index contributed by atoms with van der Waals surface area (Å²) in [5.41, 5.74) is 0.285. The second kappa shape index (κ2) is 8.01. The molecular weight excluding hydrogens is 368 g/mol. The molecular formula is C18H24N4O4S. The largest absolute Gasteiger partial charge is 0.369 e. The Morgan fingerprint density at radius 2 is 1.93 bits per heavy atom. The molecule has 0 saturated carbocycles. The molecule has 0 fully saturated rings. The smallest absolute Gasteiger partial charge is 0.293 e. The topological polar surface area (TPSA) is 105 Å². The van der Waals surface area contributed by atoms with Crippen LogP contribution in [-0.4, -0.2) is 37.5 Å². The first-order valence-electron chi connectivity index (χ1n) is 8.43. The van der Waals surface area contributed by atoms with Gasteiger partial charge in [-0.05, 0) is 45.0 Å². The molecule has 2 rings (SSSR count). The number of rotatable bonds is 7. The number of benzene rings is 1. The zero-order valence-electron chi connectivity index (χ0n) is 15.8. The number of anilines is 1. The Morgan fingerprint density at radius 1 is 1.22 bits per heavy atom. The normalized spacial score (nSPS) is 12.0. The molecule has 0 amide bonds. The first-order valence-corrected chi connectivity index (χ1v) is 9.91. The summed E-state index contributed by atoms with van der Waals surface area (Å²) < 4.78 is 27.4. The minimum Gasteiger partial charge on any atom is -0.369 e. The number of nitrogens with zero attached hydrogens (tertiary/aromatic N) is 3. The van der Waals surface area contributed by atoms with Crippen molar-refractivity contribution in [2.75, 3.05) is 18.5 Å². The number of nitrogens with one attached hydrogen (secondary N) is 1. The molecule has 1 aromatic carbocycles. The van der Waals surface area contributed by atoms with Crippen molar-refractivity contribution in [2.45, 2.75) is 37.6 Å². The lowest BCUT2D eigenvalue weighted by Crippen LogP contribution is -2.40. The lowest BCUT2D eigenvalue weighted by Gasteiger charge is -2.22. The molecule has 0 spiro atoms. The number of pyridine rings is 1. The molecule has 1 aromatic heterocycles. The van der Waals surface area contributed by atoms with Gasteiger partial charge in [0.15, 0.2) is 0 Å². The number of hydrogen-bond donors (Lipinski definition) is 1. The third-order valence-electron chi connectivity index (χ3n) is 3.74. The van der Waals surface area contributed by atoms with Gasteiger partial charge >= 0.3 is 0 Å². The molecule has 0 aliphatic rings. The Balaban J connectivity index is 2.28. The van der Waals surface area contributed by atoms with Crippen LogP contribution in [0.4, 0.5) is 11.4 Å². The fourth-order valence-electron chi connectivity index (χ4n) is 2.55. The van der Waals surface area contributed by atoms with Crippen molar-refractivity contribution in [3.05, 3.63) is 58.4 Å². The first-order chi connectivity index (χ1) is 12.5. The fourth-order valence-corrected chi connectivity index (χ4v) is 3.99. The highest BCUT2D eigenvalue weighted by molar-refractivity contribution is 7.89. The van der Waals surface area contributed by atoms with Crippen LogP contribution in [-0.2, 0) is 16.4 Å². The molecule has 0 atom stereocenters. The first kappa shape index (κ1) is 20.8. The highest BCUT2D eigenvalue weighted by atomic mass is 32.2. The highest BCUT2D eigenvalue weighted by Gasteiger charge is 2.26. The maximum atomic E-state index is 12.5. The average Bonchev–Trinajstić information content (AvgIpc) is 2.58. The Kier molecular flexibility index (Phi) is 6.17. The zero-order chi connectivity index (χ0) is 20.2. The molecule has 1 N–H and O–H groups in total. The van der Waals surface area contributed by atoms with Gasteiger partial charge in [0.2, 0.25) is 10.0 Å². The molecule has 9 heteroatoms. The van der Waals surface area contributed by atoms with Gasteiger partial charge in [0.05, 0.1) is 9.82 Å². The van der Waals surface area contributed by atoms with E-state index in [1.165, 1.54) is 12.1 Å². The zero-order valence-corrected chi connectivity index (χ0v) is 16.7. The summed E-state index contributed by atoms with van der Waals surface area (Å²) in [4.78, 5) is 16.8. The molecule has 0 aliphatic heterocycles. The van der Waals surface area contributed by atoms with Gasteiger partial charge in [0, 0.05) is 43.5 Å². The number of nitro groups is 1. The monoisotopic (exact) mass is 392 g/mol. The summed E-state index contributed by atoms with van der Waals surface area (Å²) in [5.74, 6) is 0. The lowest BCUT2D eigenvalue weighted by molar-refractivity contribution is -0.384. The van der Waals surface area contributed by atoms with Crippen LogP contribution in [0.2, 0.25) is 0 Å². The standard InChI is InChI=1S/C18H24N4O4S/c1-18(2,3)20-27(25,26)15-8-9-16(17(13-15)22(23)24)21(4)12-10-14-7-5-6-11-19-14/h5-9,11,13,20H,10,12H2,1-4H3. The van der Waals surface area contributed by atoms with Crippen molar-refractivity contribution in [1.82, 2.24) is 9.71 Å². The number of aromatic nitrogens is 1. The van der Waals surface area contributed by atoms with E-state index >= 15 is 0 Å². The van der Waals surface area contributed by atoms with E-state index in [2.05, 4.69) is 9.71 Å². The van der Waals surface area contributed by atoms with Gasteiger partial charge in [-0.1, -0.05) is 6.07 Å². The molecule has 0 bridgehead atoms. The van der Waals surface area contributed by atoms with Crippen LogP contribution >= 0.6 is 0 Å². The van der Waals surface area contributed by atoms with Crippen LogP contribution in [0.1, 0.15) is 26.5 Å². The highest BCUT2D eigenvalue weighted by Crippen LogP contribution is 2.30. The van der Waals surface area contributed by atoms with E-state index in [1.807, 2.05) is 18.2 Å². The van der Waals surface area contributed by atoms with Crippen LogP contribution < -0.4 is 9.62 Å². The maximum Gasteiger partial charge on any atom is 0.293 e. The maximum absolute atomic E-state index is 12.5. The van der Waals surface area contributed by atoms with Crippen LogP contribution in [0.25, 0.3) is 0 Å². The molecule has 2 aromatic rings. The van der Waals surface area contributed by atoms with Crippen molar-refractivity contribution in [3.63, 3.8) is 0 Å². The summed E-state index contributed by atoms with van der Waals surface area (Å²) in [6.07, 6.45) is 2.31. The Morgan fingerprint density at radius 3 is 2.48 bits per heavy atom. The molecule has 0 radical (unpaired) electrons. The van der Waals surface area contributed by atoms with E-state index in [4.69, 9.17) is 0 Å². The molecule has 0 saturated heterocycles. The summed E-state index contributed by atoms with van der Waals surface area (Å²) in [6.45, 7) is 5.63. The number of sulfonamides is 1. The van der Waals surface area contributed by atoms with Crippen LogP contribution in [0.3, 0.4) is 0 Å². The van der Waals surface area contributed by atoms with E-state index in [9.17, 15) is 18.5 Å². The number of nitro benzene ring substituents is 1. The molecule has 0 unspecified atom stereocenters. The molecule has 146 valence electrons. The summed E-state index contributed by atoms with van der Waals surface area (Å²) >= 11 is 0. The number of hydrogen-bond acceptors (Lipinski definition) is 6. The van der Waals surface area contributed by atoms with Gasteiger partial charge in [-0.25, -0.2) is 13.1 Å². The third kappa shape index (κ3) is 5.73. The van der Waals surface area contributed by atoms with Gasteiger partial charge in [-0.3, -0.25) is 15.1 Å². The molecule has 1 heterocycles. The van der Waals surface area contributed by atoms with Crippen molar-refractivity contribution < 1.29 is 13.3 Å². The van der Waals surface area contributed by atoms with Crippen LogP contribution in [0.15, 0.2) is 47.5 Å². The Labute approximate surface area is 159 Å². The van der Waals surface area contributed by atoms with Gasteiger partial charge in [0.1, 0.15) is 5.69 Å². The van der Waals surface area contributed by atoms with E-state index in [0.717, 1.165) is 11.8 Å². The van der Waals surface area contributed by atoms with Gasteiger partial charge in [-0.2, -0.15) is 0 Å². The summed E-state index contributed by atoms with van der Waals surface area (Å²) in [5, 5.41) is 11.5. The second-order valence-electron chi connectivity index (χ2n) is 7.26.